The predicted molar refractivity (Wildman–Crippen MR) is 67.8 cm³/mol. The molecule has 1 aromatic carbocycles. The maximum atomic E-state index is 13.3. The maximum absolute atomic E-state index is 13.3. The number of ether oxygens (including phenoxy) is 1. The topological polar surface area (TPSA) is 45.0 Å². The van der Waals surface area contributed by atoms with Gasteiger partial charge in [-0.3, -0.25) is 0 Å². The van der Waals surface area contributed by atoms with E-state index in [1.807, 2.05) is 19.9 Å². The molecule has 0 saturated carbocycles. The Morgan fingerprint density at radius 1 is 1.50 bits per heavy atom. The Hall–Kier alpha value is -1.60. The van der Waals surface area contributed by atoms with E-state index in [9.17, 15) is 9.65 Å². The van der Waals surface area contributed by atoms with E-state index in [0.29, 0.717) is 25.1 Å². The molecule has 0 bridgehead atoms. The molecule has 0 amide bonds. The Kier molecular flexibility index (Phi) is 3.53. The number of benzene rings is 1. The summed E-state index contributed by atoms with van der Waals surface area (Å²) in [5.41, 5.74) is 0.839. The van der Waals surface area contributed by atoms with Gasteiger partial charge in [-0.1, -0.05) is 0 Å². The van der Waals surface area contributed by atoms with Gasteiger partial charge >= 0.3 is 0 Å². The highest BCUT2D eigenvalue weighted by atomic mass is 19.1. The predicted octanol–water partition coefficient (Wildman–Crippen LogP) is 3.01. The molecule has 2 atom stereocenters. The first-order valence-electron chi connectivity index (χ1n) is 6.11. The minimum atomic E-state index is -0.655. The van der Waals surface area contributed by atoms with Crippen molar-refractivity contribution in [3.63, 3.8) is 0 Å². The number of aryl methyl sites for hydroxylation is 1. The van der Waals surface area contributed by atoms with Crippen molar-refractivity contribution < 1.29 is 9.13 Å². The number of halogens is 1. The van der Waals surface area contributed by atoms with Crippen molar-refractivity contribution in [1.29, 1.82) is 5.26 Å². The smallest absolute Gasteiger partial charge is 0.130 e. The van der Waals surface area contributed by atoms with Gasteiger partial charge in [0.25, 0.3) is 0 Å². The number of nitrogens with one attached hydrogen (secondary N) is 1. The summed E-state index contributed by atoms with van der Waals surface area (Å²) in [6, 6.07) is 7.06. The number of anilines is 1. The zero-order chi connectivity index (χ0) is 13.2. The molecule has 1 aliphatic rings. The maximum Gasteiger partial charge on any atom is 0.130 e. The Balaban J connectivity index is 2.22. The van der Waals surface area contributed by atoms with Crippen molar-refractivity contribution in [2.24, 2.45) is 0 Å². The van der Waals surface area contributed by atoms with E-state index < -0.39 is 5.54 Å². The molecule has 2 unspecified atom stereocenters. The van der Waals surface area contributed by atoms with Gasteiger partial charge in [-0.15, -0.1) is 0 Å². The summed E-state index contributed by atoms with van der Waals surface area (Å²) in [6.07, 6.45) is 1.27. The lowest BCUT2D eigenvalue weighted by Gasteiger charge is -2.35. The van der Waals surface area contributed by atoms with Crippen LogP contribution in [0.15, 0.2) is 18.2 Å². The first-order valence-corrected chi connectivity index (χ1v) is 6.11. The van der Waals surface area contributed by atoms with Crippen molar-refractivity contribution in [3.05, 3.63) is 29.6 Å². The molecule has 4 heteroatoms. The molecular formula is C14H17FN2O. The second kappa shape index (κ2) is 4.95. The molecule has 1 heterocycles. The zero-order valence-corrected chi connectivity index (χ0v) is 10.7. The number of hydrogen-bond acceptors (Lipinski definition) is 3. The van der Waals surface area contributed by atoms with E-state index in [1.54, 1.807) is 0 Å². The third-order valence-electron chi connectivity index (χ3n) is 3.21. The highest BCUT2D eigenvalue weighted by molar-refractivity contribution is 5.50. The minimum absolute atomic E-state index is 0.0422. The Morgan fingerprint density at radius 2 is 2.28 bits per heavy atom. The Bertz CT molecular complexity index is 463. The molecule has 18 heavy (non-hydrogen) atoms. The highest BCUT2D eigenvalue weighted by Gasteiger charge is 2.35. The number of nitriles is 1. The minimum Gasteiger partial charge on any atom is -0.378 e. The van der Waals surface area contributed by atoms with Crippen molar-refractivity contribution in [2.45, 2.75) is 38.3 Å². The van der Waals surface area contributed by atoms with Crippen LogP contribution in [0.1, 0.15) is 25.3 Å². The quantitative estimate of drug-likeness (QED) is 0.875. The van der Waals surface area contributed by atoms with Gasteiger partial charge in [0.15, 0.2) is 0 Å². The van der Waals surface area contributed by atoms with Crippen molar-refractivity contribution in [3.8, 4) is 6.07 Å². The first kappa shape index (κ1) is 12.8. The number of nitrogens with zero attached hydrogens (tertiary/aromatic N) is 1. The van der Waals surface area contributed by atoms with Gasteiger partial charge in [0.1, 0.15) is 11.4 Å². The molecule has 0 spiro atoms. The van der Waals surface area contributed by atoms with Crippen molar-refractivity contribution in [2.75, 3.05) is 11.9 Å². The lowest BCUT2D eigenvalue weighted by Crippen LogP contribution is -2.45. The van der Waals surface area contributed by atoms with Crippen LogP contribution in [0.25, 0.3) is 0 Å². The van der Waals surface area contributed by atoms with Gasteiger partial charge < -0.3 is 10.1 Å². The average Bonchev–Trinajstić information content (AvgIpc) is 2.27. The standard InChI is InChI=1S/C14H17FN2O/c1-10-5-12(15)7-13(6-10)17-14(9-16)3-4-18-11(2)8-14/h5-7,11,17H,3-4,8H2,1-2H3. The van der Waals surface area contributed by atoms with Gasteiger partial charge in [-0.2, -0.15) is 5.26 Å². The molecule has 0 radical (unpaired) electrons. The van der Waals surface area contributed by atoms with E-state index in [2.05, 4.69) is 11.4 Å². The van der Waals surface area contributed by atoms with Crippen LogP contribution in [0.4, 0.5) is 10.1 Å². The summed E-state index contributed by atoms with van der Waals surface area (Å²) in [5, 5.41) is 12.6. The molecule has 1 N–H and O–H groups in total. The van der Waals surface area contributed by atoms with E-state index in [4.69, 9.17) is 4.74 Å². The van der Waals surface area contributed by atoms with Crippen LogP contribution >= 0.6 is 0 Å². The fraction of sp³-hybridized carbons (Fsp3) is 0.500. The molecule has 1 aliphatic heterocycles. The van der Waals surface area contributed by atoms with Crippen LogP contribution in [0.5, 0.6) is 0 Å². The van der Waals surface area contributed by atoms with Crippen LogP contribution in [0.3, 0.4) is 0 Å². The average molecular weight is 248 g/mol. The molecule has 1 saturated heterocycles. The lowest BCUT2D eigenvalue weighted by atomic mass is 9.88. The molecule has 0 aromatic heterocycles. The van der Waals surface area contributed by atoms with Gasteiger partial charge in [0.2, 0.25) is 0 Å². The van der Waals surface area contributed by atoms with Gasteiger partial charge in [-0.25, -0.2) is 4.39 Å². The monoisotopic (exact) mass is 248 g/mol. The summed E-state index contributed by atoms with van der Waals surface area (Å²) in [7, 11) is 0. The van der Waals surface area contributed by atoms with Crippen LogP contribution in [-0.2, 0) is 4.74 Å². The number of hydrogen-bond donors (Lipinski definition) is 1. The van der Waals surface area contributed by atoms with Crippen LogP contribution in [-0.4, -0.2) is 18.2 Å². The fourth-order valence-electron chi connectivity index (χ4n) is 2.41. The van der Waals surface area contributed by atoms with Gasteiger partial charge in [-0.05, 0) is 37.6 Å². The van der Waals surface area contributed by atoms with Crippen LogP contribution in [0, 0.1) is 24.1 Å². The van der Waals surface area contributed by atoms with Crippen LogP contribution in [0.2, 0.25) is 0 Å². The SMILES string of the molecule is Cc1cc(F)cc(NC2(C#N)CCOC(C)C2)c1. The third-order valence-corrected chi connectivity index (χ3v) is 3.21. The van der Waals surface area contributed by atoms with Crippen LogP contribution < -0.4 is 5.32 Å². The molecular weight excluding hydrogens is 231 g/mol. The largest absolute Gasteiger partial charge is 0.378 e. The Morgan fingerprint density at radius 3 is 2.89 bits per heavy atom. The summed E-state index contributed by atoms with van der Waals surface area (Å²) >= 11 is 0. The van der Waals surface area contributed by atoms with E-state index in [-0.39, 0.29) is 11.9 Å². The van der Waals surface area contributed by atoms with Gasteiger partial charge in [0.05, 0.1) is 18.8 Å². The zero-order valence-electron chi connectivity index (χ0n) is 10.7. The van der Waals surface area contributed by atoms with E-state index in [0.717, 1.165) is 5.56 Å². The Labute approximate surface area is 107 Å². The molecule has 0 aliphatic carbocycles. The van der Waals surface area contributed by atoms with Gasteiger partial charge in [0, 0.05) is 18.5 Å². The lowest BCUT2D eigenvalue weighted by molar-refractivity contribution is 0.0103. The van der Waals surface area contributed by atoms with E-state index in [1.165, 1.54) is 12.1 Å². The molecule has 1 aromatic rings. The summed E-state index contributed by atoms with van der Waals surface area (Å²) in [6.45, 7) is 4.33. The summed E-state index contributed by atoms with van der Waals surface area (Å²) < 4.78 is 18.8. The van der Waals surface area contributed by atoms with E-state index >= 15 is 0 Å². The fourth-order valence-corrected chi connectivity index (χ4v) is 2.41. The molecule has 1 fully saturated rings. The molecule has 2 rings (SSSR count). The van der Waals surface area contributed by atoms with Crippen molar-refractivity contribution >= 4 is 5.69 Å². The summed E-state index contributed by atoms with van der Waals surface area (Å²) in [5.74, 6) is -0.286. The second-order valence-corrected chi connectivity index (χ2v) is 4.97. The number of rotatable bonds is 2. The highest BCUT2D eigenvalue weighted by Crippen LogP contribution is 2.29. The molecule has 96 valence electrons. The normalized spacial score (nSPS) is 27.6. The first-order chi connectivity index (χ1) is 8.53. The third kappa shape index (κ3) is 2.80. The van der Waals surface area contributed by atoms with Crippen molar-refractivity contribution in [1.82, 2.24) is 0 Å². The second-order valence-electron chi connectivity index (χ2n) is 4.97. The molecule has 3 nitrogen and oxygen atoms in total. The summed E-state index contributed by atoms with van der Waals surface area (Å²) in [4.78, 5) is 0.